The van der Waals surface area contributed by atoms with Crippen molar-refractivity contribution >= 4 is 44.4 Å². The average Bonchev–Trinajstić information content (AvgIpc) is 2.84. The lowest BCUT2D eigenvalue weighted by atomic mass is 10.0. The molecule has 0 spiro atoms. The standard InChI is InChI=1S/C29H23BrN2O2/c1-19-7-13-25(15-20(19)2)32-29(33)23(17-31)16-27-26-6-4-3-5-22(26)10-14-28(27)34-18-21-8-11-24(30)12-9-21/h3-16H,18H2,1-2H3,(H,32,33)/b23-16+. The molecule has 0 aliphatic rings. The molecule has 0 heterocycles. The lowest BCUT2D eigenvalue weighted by molar-refractivity contribution is -0.112. The van der Waals surface area contributed by atoms with E-state index in [2.05, 4.69) is 27.3 Å². The Labute approximate surface area is 207 Å². The SMILES string of the molecule is Cc1ccc(NC(=O)/C(C#N)=C/c2c(OCc3ccc(Br)cc3)ccc3ccccc23)cc1C. The highest BCUT2D eigenvalue weighted by Gasteiger charge is 2.14. The molecule has 0 saturated carbocycles. The number of fused-ring (bicyclic) bond motifs is 1. The first-order chi connectivity index (χ1) is 16.4. The van der Waals surface area contributed by atoms with Crippen LogP contribution in [-0.2, 0) is 11.4 Å². The molecule has 0 unspecified atom stereocenters. The van der Waals surface area contributed by atoms with Crippen LogP contribution >= 0.6 is 15.9 Å². The molecule has 0 bridgehead atoms. The molecule has 0 aliphatic carbocycles. The molecule has 0 aliphatic heterocycles. The second-order valence-electron chi connectivity index (χ2n) is 8.04. The van der Waals surface area contributed by atoms with Crippen molar-refractivity contribution in [1.29, 1.82) is 5.26 Å². The van der Waals surface area contributed by atoms with Crippen LogP contribution < -0.4 is 10.1 Å². The topological polar surface area (TPSA) is 62.1 Å². The van der Waals surface area contributed by atoms with Crippen LogP contribution in [0.15, 0.2) is 88.9 Å². The van der Waals surface area contributed by atoms with Crippen LogP contribution in [-0.4, -0.2) is 5.91 Å². The normalized spacial score (nSPS) is 11.2. The first-order valence-electron chi connectivity index (χ1n) is 10.8. The third-order valence-corrected chi connectivity index (χ3v) is 6.19. The molecule has 4 aromatic rings. The van der Waals surface area contributed by atoms with E-state index in [0.29, 0.717) is 23.6 Å². The Hall–Kier alpha value is -3.88. The van der Waals surface area contributed by atoms with Crippen LogP contribution in [0, 0.1) is 25.2 Å². The van der Waals surface area contributed by atoms with Gasteiger partial charge < -0.3 is 10.1 Å². The van der Waals surface area contributed by atoms with Crippen molar-refractivity contribution in [3.8, 4) is 11.8 Å². The number of hydrogen-bond donors (Lipinski definition) is 1. The first-order valence-corrected chi connectivity index (χ1v) is 11.6. The smallest absolute Gasteiger partial charge is 0.266 e. The first kappa shape index (κ1) is 23.3. The molecule has 4 rings (SSSR count). The Kier molecular flexibility index (Phi) is 7.10. The van der Waals surface area contributed by atoms with E-state index in [0.717, 1.165) is 31.9 Å². The van der Waals surface area contributed by atoms with Gasteiger partial charge in [0.25, 0.3) is 5.91 Å². The van der Waals surface area contributed by atoms with Gasteiger partial charge in [0, 0.05) is 15.7 Å². The molecule has 1 N–H and O–H groups in total. The van der Waals surface area contributed by atoms with Crippen LogP contribution in [0.1, 0.15) is 22.3 Å². The number of amides is 1. The number of hydrogen-bond acceptors (Lipinski definition) is 3. The minimum Gasteiger partial charge on any atom is -0.488 e. The maximum atomic E-state index is 13.0. The quantitative estimate of drug-likeness (QED) is 0.218. The van der Waals surface area contributed by atoms with Gasteiger partial charge in [-0.2, -0.15) is 5.26 Å². The number of halogens is 1. The summed E-state index contributed by atoms with van der Waals surface area (Å²) in [6.07, 6.45) is 1.61. The van der Waals surface area contributed by atoms with E-state index >= 15 is 0 Å². The van der Waals surface area contributed by atoms with Crippen molar-refractivity contribution in [2.45, 2.75) is 20.5 Å². The number of benzene rings is 4. The van der Waals surface area contributed by atoms with E-state index in [-0.39, 0.29) is 5.57 Å². The number of rotatable bonds is 6. The van der Waals surface area contributed by atoms with Gasteiger partial charge in [0.15, 0.2) is 0 Å². The number of ether oxygens (including phenoxy) is 1. The molecule has 0 aromatic heterocycles. The highest BCUT2D eigenvalue weighted by atomic mass is 79.9. The van der Waals surface area contributed by atoms with E-state index < -0.39 is 5.91 Å². The Morgan fingerprint density at radius 3 is 2.50 bits per heavy atom. The number of nitriles is 1. The van der Waals surface area contributed by atoms with E-state index in [1.54, 1.807) is 6.08 Å². The molecule has 0 radical (unpaired) electrons. The van der Waals surface area contributed by atoms with Gasteiger partial charge in [0.05, 0.1) is 0 Å². The summed E-state index contributed by atoms with van der Waals surface area (Å²) in [6, 6.07) is 27.3. The maximum Gasteiger partial charge on any atom is 0.266 e. The van der Waals surface area contributed by atoms with Gasteiger partial charge in [0.1, 0.15) is 24.0 Å². The van der Waals surface area contributed by atoms with Crippen molar-refractivity contribution in [1.82, 2.24) is 0 Å². The molecule has 5 heteroatoms. The van der Waals surface area contributed by atoms with Crippen LogP contribution in [0.3, 0.4) is 0 Å². The van der Waals surface area contributed by atoms with Gasteiger partial charge in [-0.1, -0.05) is 64.5 Å². The highest BCUT2D eigenvalue weighted by molar-refractivity contribution is 9.10. The monoisotopic (exact) mass is 510 g/mol. The third kappa shape index (κ3) is 5.36. The fraction of sp³-hybridized carbons (Fsp3) is 0.103. The summed E-state index contributed by atoms with van der Waals surface area (Å²) in [6.45, 7) is 4.36. The minimum absolute atomic E-state index is 0.00285. The van der Waals surface area contributed by atoms with Gasteiger partial charge in [-0.15, -0.1) is 0 Å². The summed E-state index contributed by atoms with van der Waals surface area (Å²) >= 11 is 3.44. The lowest BCUT2D eigenvalue weighted by Crippen LogP contribution is -2.13. The minimum atomic E-state index is -0.461. The number of carbonyl (C=O) groups is 1. The van der Waals surface area contributed by atoms with Crippen LogP contribution in [0.25, 0.3) is 16.8 Å². The summed E-state index contributed by atoms with van der Waals surface area (Å²) in [5.41, 5.74) is 4.57. The second-order valence-corrected chi connectivity index (χ2v) is 8.95. The lowest BCUT2D eigenvalue weighted by Gasteiger charge is -2.13. The van der Waals surface area contributed by atoms with Crippen molar-refractivity contribution in [3.63, 3.8) is 0 Å². The largest absolute Gasteiger partial charge is 0.488 e. The fourth-order valence-corrected chi connectivity index (χ4v) is 3.87. The summed E-state index contributed by atoms with van der Waals surface area (Å²) in [5.74, 6) is 0.144. The number of carbonyl (C=O) groups excluding carboxylic acids is 1. The number of nitrogens with one attached hydrogen (secondary N) is 1. The van der Waals surface area contributed by atoms with Gasteiger partial charge in [-0.3, -0.25) is 4.79 Å². The molecule has 0 fully saturated rings. The molecule has 0 saturated heterocycles. The number of anilines is 1. The van der Waals surface area contributed by atoms with E-state index in [1.807, 2.05) is 92.7 Å². The van der Waals surface area contributed by atoms with E-state index in [1.165, 1.54) is 0 Å². The molecular formula is C29H23BrN2O2. The second kappa shape index (κ2) is 10.4. The molecule has 4 nitrogen and oxygen atoms in total. The summed E-state index contributed by atoms with van der Waals surface area (Å²) in [5, 5.41) is 14.5. The Morgan fingerprint density at radius 2 is 1.76 bits per heavy atom. The molecule has 34 heavy (non-hydrogen) atoms. The van der Waals surface area contributed by atoms with Gasteiger partial charge in [-0.25, -0.2) is 0 Å². The van der Waals surface area contributed by atoms with Gasteiger partial charge >= 0.3 is 0 Å². The zero-order valence-electron chi connectivity index (χ0n) is 18.9. The Bertz CT molecular complexity index is 1430. The van der Waals surface area contributed by atoms with E-state index in [9.17, 15) is 10.1 Å². The summed E-state index contributed by atoms with van der Waals surface area (Å²) in [4.78, 5) is 13.0. The van der Waals surface area contributed by atoms with Crippen molar-refractivity contribution < 1.29 is 9.53 Å². The average molecular weight is 511 g/mol. The van der Waals surface area contributed by atoms with Gasteiger partial charge in [-0.05, 0) is 77.7 Å². The highest BCUT2D eigenvalue weighted by Crippen LogP contribution is 2.31. The molecule has 168 valence electrons. The maximum absolute atomic E-state index is 13.0. The predicted molar refractivity (Wildman–Crippen MR) is 141 cm³/mol. The molecule has 4 aromatic carbocycles. The third-order valence-electron chi connectivity index (χ3n) is 5.66. The number of nitrogens with zero attached hydrogens (tertiary/aromatic N) is 1. The molecule has 1 amide bonds. The van der Waals surface area contributed by atoms with Crippen molar-refractivity contribution in [2.75, 3.05) is 5.32 Å². The van der Waals surface area contributed by atoms with Crippen LogP contribution in [0.4, 0.5) is 5.69 Å². The van der Waals surface area contributed by atoms with E-state index in [4.69, 9.17) is 4.74 Å². The van der Waals surface area contributed by atoms with Crippen LogP contribution in [0.2, 0.25) is 0 Å². The van der Waals surface area contributed by atoms with Crippen molar-refractivity contribution in [3.05, 3.63) is 111 Å². The van der Waals surface area contributed by atoms with Crippen molar-refractivity contribution in [2.24, 2.45) is 0 Å². The molecular weight excluding hydrogens is 488 g/mol. The summed E-state index contributed by atoms with van der Waals surface area (Å²) < 4.78 is 7.14. The Balaban J connectivity index is 1.69. The predicted octanol–water partition coefficient (Wildman–Crippen LogP) is 7.34. The summed E-state index contributed by atoms with van der Waals surface area (Å²) in [7, 11) is 0. The van der Waals surface area contributed by atoms with Gasteiger partial charge in [0.2, 0.25) is 0 Å². The van der Waals surface area contributed by atoms with Crippen LogP contribution in [0.5, 0.6) is 5.75 Å². The molecule has 0 atom stereocenters. The zero-order valence-corrected chi connectivity index (χ0v) is 20.5. The Morgan fingerprint density at radius 1 is 1.00 bits per heavy atom. The zero-order chi connectivity index (χ0) is 24.1. The number of aryl methyl sites for hydroxylation is 2. The fourth-order valence-electron chi connectivity index (χ4n) is 3.60.